The van der Waals surface area contributed by atoms with E-state index in [0.29, 0.717) is 0 Å². The molecule has 1 aromatic rings. The van der Waals surface area contributed by atoms with E-state index in [9.17, 15) is 13.2 Å². The molecule has 1 unspecified atom stereocenters. The summed E-state index contributed by atoms with van der Waals surface area (Å²) in [6.45, 7) is 3.73. The first kappa shape index (κ1) is 14.5. The van der Waals surface area contributed by atoms with E-state index in [2.05, 4.69) is 5.32 Å². The lowest BCUT2D eigenvalue weighted by Crippen LogP contribution is -2.36. The Morgan fingerprint density at radius 3 is 2.56 bits per heavy atom. The summed E-state index contributed by atoms with van der Waals surface area (Å²) in [6.07, 6.45) is 0.749. The molecule has 0 aliphatic rings. The molecule has 1 atom stereocenters. The topological polar surface area (TPSA) is 89.3 Å². The molecule has 0 aliphatic heterocycles. The van der Waals surface area contributed by atoms with Gasteiger partial charge in [-0.15, -0.1) is 0 Å². The molecule has 0 saturated carbocycles. The molecule has 5 nitrogen and oxygen atoms in total. The molecule has 100 valence electrons. The fourth-order valence-corrected chi connectivity index (χ4v) is 2.73. The minimum atomic E-state index is -3.68. The molecule has 0 spiro atoms. The van der Waals surface area contributed by atoms with E-state index in [0.717, 1.165) is 6.42 Å². The van der Waals surface area contributed by atoms with Crippen LogP contribution < -0.4 is 11.1 Å². The van der Waals surface area contributed by atoms with Crippen molar-refractivity contribution in [1.29, 1.82) is 0 Å². The zero-order chi connectivity index (χ0) is 13.8. The van der Waals surface area contributed by atoms with E-state index in [1.54, 1.807) is 12.1 Å². The summed E-state index contributed by atoms with van der Waals surface area (Å²) < 4.78 is 24.0. The third-order valence-electron chi connectivity index (χ3n) is 2.59. The lowest BCUT2D eigenvalue weighted by Gasteiger charge is -2.12. The van der Waals surface area contributed by atoms with Gasteiger partial charge >= 0.3 is 0 Å². The quantitative estimate of drug-likeness (QED) is 0.780. The third-order valence-corrected chi connectivity index (χ3v) is 4.28. The van der Waals surface area contributed by atoms with Gasteiger partial charge in [-0.3, -0.25) is 4.79 Å². The maximum atomic E-state index is 12.0. The largest absolute Gasteiger partial charge is 0.398 e. The van der Waals surface area contributed by atoms with Crippen molar-refractivity contribution in [3.63, 3.8) is 0 Å². The predicted molar refractivity (Wildman–Crippen MR) is 70.8 cm³/mol. The number of amides is 1. The van der Waals surface area contributed by atoms with E-state index in [4.69, 9.17) is 5.73 Å². The van der Waals surface area contributed by atoms with Crippen molar-refractivity contribution < 1.29 is 13.2 Å². The van der Waals surface area contributed by atoms with Crippen molar-refractivity contribution >= 4 is 21.4 Å². The molecule has 3 N–H and O–H groups in total. The molecule has 0 fully saturated rings. The van der Waals surface area contributed by atoms with Crippen molar-refractivity contribution in [3.8, 4) is 0 Å². The van der Waals surface area contributed by atoms with Crippen LogP contribution in [0.25, 0.3) is 0 Å². The van der Waals surface area contributed by atoms with Gasteiger partial charge in [0, 0.05) is 6.04 Å². The Bertz CT molecular complexity index is 526. The lowest BCUT2D eigenvalue weighted by molar-refractivity contribution is -0.119. The Balaban J connectivity index is 2.84. The average molecular weight is 270 g/mol. The summed E-state index contributed by atoms with van der Waals surface area (Å²) in [7, 11) is -3.68. The van der Waals surface area contributed by atoms with Gasteiger partial charge in [0.2, 0.25) is 5.91 Å². The second-order valence-electron chi connectivity index (χ2n) is 4.17. The van der Waals surface area contributed by atoms with Crippen LogP contribution in [0.2, 0.25) is 0 Å². The monoisotopic (exact) mass is 270 g/mol. The second-order valence-corrected chi connectivity index (χ2v) is 6.13. The summed E-state index contributed by atoms with van der Waals surface area (Å²) in [5, 5.41) is 2.62. The fourth-order valence-electron chi connectivity index (χ4n) is 1.43. The van der Waals surface area contributed by atoms with E-state index in [-0.39, 0.29) is 16.6 Å². The number of nitrogens with one attached hydrogen (secondary N) is 1. The van der Waals surface area contributed by atoms with Crippen molar-refractivity contribution in [2.45, 2.75) is 31.2 Å². The maximum absolute atomic E-state index is 12.0. The van der Waals surface area contributed by atoms with E-state index >= 15 is 0 Å². The number of carbonyl (C=O) groups is 1. The van der Waals surface area contributed by atoms with E-state index < -0.39 is 21.5 Å². The first-order valence-electron chi connectivity index (χ1n) is 5.73. The van der Waals surface area contributed by atoms with Crippen LogP contribution >= 0.6 is 0 Å². The molecular weight excluding hydrogens is 252 g/mol. The first-order chi connectivity index (χ1) is 8.36. The number of benzene rings is 1. The number of nitrogens with two attached hydrogens (primary N) is 1. The number of nitrogen functional groups attached to an aromatic ring is 1. The van der Waals surface area contributed by atoms with E-state index in [1.807, 2.05) is 13.8 Å². The average Bonchev–Trinajstić information content (AvgIpc) is 2.28. The Morgan fingerprint density at radius 1 is 1.39 bits per heavy atom. The van der Waals surface area contributed by atoms with Crippen LogP contribution in [0.5, 0.6) is 0 Å². The van der Waals surface area contributed by atoms with E-state index in [1.165, 1.54) is 12.1 Å². The normalized spacial score (nSPS) is 13.0. The Kier molecular flexibility index (Phi) is 4.72. The van der Waals surface area contributed by atoms with Crippen molar-refractivity contribution in [2.24, 2.45) is 0 Å². The summed E-state index contributed by atoms with van der Waals surface area (Å²) in [6, 6.07) is 6.09. The number of anilines is 1. The molecule has 1 amide bonds. The Morgan fingerprint density at radius 2 is 2.00 bits per heavy atom. The van der Waals surface area contributed by atoms with Gasteiger partial charge in [0.15, 0.2) is 9.84 Å². The van der Waals surface area contributed by atoms with Gasteiger partial charge in [0.25, 0.3) is 0 Å². The van der Waals surface area contributed by atoms with Crippen LogP contribution in [0, 0.1) is 0 Å². The fraction of sp³-hybridized carbons (Fsp3) is 0.417. The van der Waals surface area contributed by atoms with Gasteiger partial charge in [0.1, 0.15) is 5.75 Å². The molecule has 6 heteroatoms. The Labute approximate surface area is 107 Å². The molecular formula is C12H18N2O3S. The maximum Gasteiger partial charge on any atom is 0.235 e. The smallest absolute Gasteiger partial charge is 0.235 e. The summed E-state index contributed by atoms with van der Waals surface area (Å²) >= 11 is 0. The molecule has 0 aromatic heterocycles. The highest BCUT2D eigenvalue weighted by atomic mass is 32.2. The summed E-state index contributed by atoms with van der Waals surface area (Å²) in [5.74, 6) is -1.08. The van der Waals surface area contributed by atoms with Crippen molar-refractivity contribution in [2.75, 3.05) is 11.5 Å². The molecule has 0 bridgehead atoms. The molecule has 1 rings (SSSR count). The number of hydrogen-bond acceptors (Lipinski definition) is 4. The highest BCUT2D eigenvalue weighted by Gasteiger charge is 2.21. The van der Waals surface area contributed by atoms with Crippen molar-refractivity contribution in [3.05, 3.63) is 24.3 Å². The van der Waals surface area contributed by atoms with Crippen LogP contribution in [-0.2, 0) is 14.6 Å². The van der Waals surface area contributed by atoms with Crippen LogP contribution in [0.15, 0.2) is 29.2 Å². The lowest BCUT2D eigenvalue weighted by atomic mass is 10.3. The predicted octanol–water partition coefficient (Wildman–Crippen LogP) is 0.957. The third kappa shape index (κ3) is 3.73. The molecule has 18 heavy (non-hydrogen) atoms. The van der Waals surface area contributed by atoms with Crippen LogP contribution in [0.3, 0.4) is 0 Å². The number of rotatable bonds is 5. The molecule has 0 aliphatic carbocycles. The first-order valence-corrected chi connectivity index (χ1v) is 7.38. The van der Waals surface area contributed by atoms with Gasteiger partial charge in [-0.2, -0.15) is 0 Å². The van der Waals surface area contributed by atoms with Crippen molar-refractivity contribution in [1.82, 2.24) is 5.32 Å². The summed E-state index contributed by atoms with van der Waals surface area (Å²) in [4.78, 5) is 11.6. The number of hydrogen-bond donors (Lipinski definition) is 2. The van der Waals surface area contributed by atoms with Crippen LogP contribution in [0.1, 0.15) is 20.3 Å². The molecule has 0 saturated heterocycles. The minimum absolute atomic E-state index is 0.00398. The SMILES string of the molecule is CCC(C)NC(=O)CS(=O)(=O)c1ccccc1N. The zero-order valence-corrected chi connectivity index (χ0v) is 11.3. The molecule has 1 aromatic carbocycles. The summed E-state index contributed by atoms with van der Waals surface area (Å²) in [5.41, 5.74) is 5.76. The Hall–Kier alpha value is -1.56. The number of sulfone groups is 1. The van der Waals surface area contributed by atoms with Gasteiger partial charge in [-0.25, -0.2) is 8.42 Å². The number of para-hydroxylation sites is 1. The highest BCUT2D eigenvalue weighted by molar-refractivity contribution is 7.92. The van der Waals surface area contributed by atoms with Crippen LogP contribution in [-0.4, -0.2) is 26.1 Å². The highest BCUT2D eigenvalue weighted by Crippen LogP contribution is 2.18. The minimum Gasteiger partial charge on any atom is -0.398 e. The molecule has 0 radical (unpaired) electrons. The van der Waals surface area contributed by atoms with Gasteiger partial charge in [-0.1, -0.05) is 19.1 Å². The van der Waals surface area contributed by atoms with Gasteiger partial charge in [0.05, 0.1) is 10.6 Å². The number of carbonyl (C=O) groups excluding carboxylic acids is 1. The van der Waals surface area contributed by atoms with Crippen LogP contribution in [0.4, 0.5) is 5.69 Å². The standard InChI is InChI=1S/C12H18N2O3S/c1-3-9(2)14-12(15)8-18(16,17)11-7-5-4-6-10(11)13/h4-7,9H,3,8,13H2,1-2H3,(H,14,15). The van der Waals surface area contributed by atoms with Gasteiger partial charge in [-0.05, 0) is 25.5 Å². The van der Waals surface area contributed by atoms with Gasteiger partial charge < -0.3 is 11.1 Å². The molecule has 0 heterocycles. The zero-order valence-electron chi connectivity index (χ0n) is 10.5. The second kappa shape index (κ2) is 5.86.